The number of aliphatic hydroxyl groups is 1. The van der Waals surface area contributed by atoms with Crippen molar-refractivity contribution in [2.45, 2.75) is 31.5 Å². The zero-order valence-electron chi connectivity index (χ0n) is 22.4. The van der Waals surface area contributed by atoms with Gasteiger partial charge in [0.1, 0.15) is 35.7 Å². The maximum atomic E-state index is 13.5. The maximum absolute atomic E-state index is 13.5. The number of carbonyl (C=O) groups excluding carboxylic acids is 1. The second-order valence-corrected chi connectivity index (χ2v) is 11.4. The molecule has 1 amide bonds. The third kappa shape index (κ3) is 5.59. The van der Waals surface area contributed by atoms with E-state index in [9.17, 15) is 19.1 Å². The van der Waals surface area contributed by atoms with Crippen molar-refractivity contribution >= 4 is 38.6 Å². The smallest absolute Gasteiger partial charge is 0.261 e. The summed E-state index contributed by atoms with van der Waals surface area (Å²) in [5.41, 5.74) is 3.33. The molecule has 6 rings (SSSR count). The lowest BCUT2D eigenvalue weighted by atomic mass is 10.0. The number of aliphatic hydroxyl groups excluding tert-OH is 1. The number of nitrogens with zero attached hydrogens (tertiary/aromatic N) is 3. The lowest BCUT2D eigenvalue weighted by Crippen LogP contribution is -2.43. The summed E-state index contributed by atoms with van der Waals surface area (Å²) in [7, 11) is 2.10. The van der Waals surface area contributed by atoms with Crippen LogP contribution in [0.25, 0.3) is 22.4 Å². The molecule has 0 bridgehead atoms. The van der Waals surface area contributed by atoms with Gasteiger partial charge < -0.3 is 34.9 Å². The van der Waals surface area contributed by atoms with Crippen molar-refractivity contribution in [2.75, 3.05) is 38.6 Å². The van der Waals surface area contributed by atoms with Crippen LogP contribution >= 0.6 is 15.9 Å². The number of rotatable bonds is 8. The normalized spacial score (nSPS) is 16.8. The highest BCUT2D eigenvalue weighted by molar-refractivity contribution is 9.10. The maximum Gasteiger partial charge on any atom is 0.261 e. The van der Waals surface area contributed by atoms with Crippen molar-refractivity contribution in [2.24, 2.45) is 0 Å². The summed E-state index contributed by atoms with van der Waals surface area (Å²) in [6, 6.07) is 9.74. The van der Waals surface area contributed by atoms with E-state index in [1.165, 1.54) is 24.4 Å². The molecule has 12 heteroatoms. The van der Waals surface area contributed by atoms with E-state index in [2.05, 4.69) is 48.1 Å². The van der Waals surface area contributed by atoms with Gasteiger partial charge in [-0.1, -0.05) is 0 Å². The molecule has 214 valence electrons. The second-order valence-electron chi connectivity index (χ2n) is 10.6. The molecule has 0 aliphatic carbocycles. The van der Waals surface area contributed by atoms with Gasteiger partial charge >= 0.3 is 0 Å². The van der Waals surface area contributed by atoms with Crippen molar-refractivity contribution in [1.29, 1.82) is 0 Å². The number of H-pyrrole nitrogens is 2. The number of hydrogen-bond acceptors (Lipinski definition) is 7. The molecule has 4 aromatic rings. The molecule has 2 aliphatic rings. The Morgan fingerprint density at radius 1 is 1.22 bits per heavy atom. The Morgan fingerprint density at radius 2 is 2.02 bits per heavy atom. The number of carbonyl (C=O) groups is 1. The number of fused-ring (bicyclic) bond motifs is 2. The number of nitrogens with one attached hydrogen (secondary N) is 3. The highest BCUT2D eigenvalue weighted by Crippen LogP contribution is 2.33. The number of piperidine rings is 1. The monoisotopic (exact) mass is 624 g/mol. The molecular weight excluding hydrogens is 595 g/mol. The minimum atomic E-state index is -0.950. The lowest BCUT2D eigenvalue weighted by Gasteiger charge is -2.34. The van der Waals surface area contributed by atoms with E-state index in [0.29, 0.717) is 33.6 Å². The molecule has 10 nitrogen and oxygen atoms in total. The molecule has 4 N–H and O–H groups in total. The minimum Gasteiger partial charge on any atom is -0.490 e. The quantitative estimate of drug-likeness (QED) is 0.235. The first-order valence-corrected chi connectivity index (χ1v) is 14.3. The number of imidazole rings is 1. The lowest BCUT2D eigenvalue weighted by molar-refractivity contribution is 0.0617. The van der Waals surface area contributed by atoms with E-state index in [1.54, 1.807) is 12.1 Å². The standard InChI is InChI=1S/C29H30BrFN6O4/c1-36-8-5-18(6-9-36)37-14-16-10-23-24(12-20(16)29(37)40)35-27(34-23)26-22(4-7-32-28(26)39)33-13-19(38)15-41-25-11-17(31)2-3-21(25)30/h2-4,7,10-12,18-19,38H,5-6,8-9,13-15H2,1H3,(H,34,35)(H2,32,33,39)/t19-/m1/s1. The Hall–Kier alpha value is -3.74. The average Bonchev–Trinajstić information content (AvgIpc) is 3.51. The fraction of sp³-hybridized carbons (Fsp3) is 0.345. The van der Waals surface area contributed by atoms with E-state index in [1.807, 2.05) is 11.0 Å². The highest BCUT2D eigenvalue weighted by atomic mass is 79.9. The first kappa shape index (κ1) is 27.4. The fourth-order valence-corrected chi connectivity index (χ4v) is 5.84. The molecule has 1 fully saturated rings. The molecule has 2 aromatic heterocycles. The molecule has 0 spiro atoms. The van der Waals surface area contributed by atoms with Crippen molar-refractivity contribution < 1.29 is 19.0 Å². The van der Waals surface area contributed by atoms with Crippen LogP contribution in [0.3, 0.4) is 0 Å². The van der Waals surface area contributed by atoms with Crippen LogP contribution in [-0.2, 0) is 6.54 Å². The van der Waals surface area contributed by atoms with E-state index >= 15 is 0 Å². The Kier molecular flexibility index (Phi) is 7.54. The van der Waals surface area contributed by atoms with Crippen molar-refractivity contribution in [3.63, 3.8) is 0 Å². The van der Waals surface area contributed by atoms with Crippen LogP contribution in [0, 0.1) is 5.82 Å². The van der Waals surface area contributed by atoms with Crippen LogP contribution in [0.1, 0.15) is 28.8 Å². The van der Waals surface area contributed by atoms with Gasteiger partial charge in [0.15, 0.2) is 0 Å². The van der Waals surface area contributed by atoms with Gasteiger partial charge in [-0.05, 0) is 84.8 Å². The third-order valence-corrected chi connectivity index (χ3v) is 8.37. The van der Waals surface area contributed by atoms with Gasteiger partial charge in [-0.2, -0.15) is 0 Å². The number of amides is 1. The van der Waals surface area contributed by atoms with E-state index < -0.39 is 11.9 Å². The topological polar surface area (TPSA) is 127 Å². The van der Waals surface area contributed by atoms with Gasteiger partial charge in [-0.3, -0.25) is 9.59 Å². The average molecular weight is 625 g/mol. The van der Waals surface area contributed by atoms with Gasteiger partial charge in [-0.25, -0.2) is 9.37 Å². The van der Waals surface area contributed by atoms with Gasteiger partial charge in [-0.15, -0.1) is 0 Å². The number of aromatic nitrogens is 3. The summed E-state index contributed by atoms with van der Waals surface area (Å²) in [4.78, 5) is 41.0. The summed E-state index contributed by atoms with van der Waals surface area (Å²) < 4.78 is 19.6. The van der Waals surface area contributed by atoms with Crippen LogP contribution in [0.15, 0.2) is 51.9 Å². The number of halogens is 2. The predicted octanol–water partition coefficient (Wildman–Crippen LogP) is 3.72. The second kappa shape index (κ2) is 11.3. The van der Waals surface area contributed by atoms with Crippen molar-refractivity contribution in [3.8, 4) is 17.1 Å². The molecule has 41 heavy (non-hydrogen) atoms. The molecule has 2 aromatic carbocycles. The zero-order chi connectivity index (χ0) is 28.7. The molecule has 1 atom stereocenters. The predicted molar refractivity (Wildman–Crippen MR) is 157 cm³/mol. The number of ether oxygens (including phenoxy) is 1. The van der Waals surface area contributed by atoms with Crippen molar-refractivity contribution in [3.05, 3.63) is 74.4 Å². The Labute approximate surface area is 243 Å². The number of aromatic amines is 2. The minimum absolute atomic E-state index is 0.0300. The van der Waals surface area contributed by atoms with E-state index in [-0.39, 0.29) is 42.0 Å². The van der Waals surface area contributed by atoms with Crippen LogP contribution in [0.4, 0.5) is 10.1 Å². The van der Waals surface area contributed by atoms with Crippen LogP contribution in [0.2, 0.25) is 0 Å². The number of anilines is 1. The third-order valence-electron chi connectivity index (χ3n) is 7.72. The van der Waals surface area contributed by atoms with Crippen LogP contribution in [0.5, 0.6) is 5.75 Å². The van der Waals surface area contributed by atoms with E-state index in [4.69, 9.17) is 4.74 Å². The first-order chi connectivity index (χ1) is 19.8. The number of hydrogen-bond donors (Lipinski definition) is 4. The van der Waals surface area contributed by atoms with E-state index in [0.717, 1.165) is 37.0 Å². The molecule has 4 heterocycles. The summed E-state index contributed by atoms with van der Waals surface area (Å²) in [5, 5.41) is 13.6. The number of likely N-dealkylation sites (tertiary alicyclic amines) is 1. The van der Waals surface area contributed by atoms with Gasteiger partial charge in [0.25, 0.3) is 11.5 Å². The molecule has 0 radical (unpaired) electrons. The van der Waals surface area contributed by atoms with Gasteiger partial charge in [0, 0.05) is 37.0 Å². The summed E-state index contributed by atoms with van der Waals surface area (Å²) in [6.07, 6.45) is 2.49. The summed E-state index contributed by atoms with van der Waals surface area (Å²) >= 11 is 3.30. The molecule has 0 unspecified atom stereocenters. The largest absolute Gasteiger partial charge is 0.490 e. The fourth-order valence-electron chi connectivity index (χ4n) is 5.48. The first-order valence-electron chi connectivity index (χ1n) is 13.5. The molecule has 1 saturated heterocycles. The Morgan fingerprint density at radius 3 is 2.83 bits per heavy atom. The Balaban J connectivity index is 1.18. The van der Waals surface area contributed by atoms with Crippen LogP contribution in [-0.4, -0.2) is 81.2 Å². The van der Waals surface area contributed by atoms with Gasteiger partial charge in [0.05, 0.1) is 21.2 Å². The van der Waals surface area contributed by atoms with Gasteiger partial charge in [0.2, 0.25) is 0 Å². The molecular formula is C29H30BrFN6O4. The van der Waals surface area contributed by atoms with Crippen molar-refractivity contribution in [1.82, 2.24) is 24.8 Å². The number of benzene rings is 2. The zero-order valence-corrected chi connectivity index (χ0v) is 24.0. The number of pyridine rings is 1. The summed E-state index contributed by atoms with van der Waals surface area (Å²) in [5.74, 6) is 0.214. The summed E-state index contributed by atoms with van der Waals surface area (Å²) in [6.45, 7) is 2.50. The Bertz CT molecular complexity index is 1670. The van der Waals surface area contributed by atoms with Crippen LogP contribution < -0.4 is 15.6 Å². The molecule has 0 saturated carbocycles. The SMILES string of the molecule is CN1CCC(N2Cc3cc4[nH]c(-c5c(NC[C@@H](O)COc6cc(F)ccc6Br)cc[nH]c5=O)nc4cc3C2=O)CC1. The molecule has 2 aliphatic heterocycles. The highest BCUT2D eigenvalue weighted by Gasteiger charge is 2.34.